The molecule has 1 aromatic heterocycles. The van der Waals surface area contributed by atoms with Crippen LogP contribution in [-0.2, 0) is 14.8 Å². The molecule has 3 aromatic rings. The molecule has 0 bridgehead atoms. The highest BCUT2D eigenvalue weighted by Crippen LogP contribution is 2.35. The Morgan fingerprint density at radius 3 is 2.41 bits per heavy atom. The molecule has 0 saturated carbocycles. The first-order valence-electron chi connectivity index (χ1n) is 12.0. The highest BCUT2D eigenvalue weighted by molar-refractivity contribution is 8.26. The molecule has 1 amide bonds. The predicted molar refractivity (Wildman–Crippen MR) is 152 cm³/mol. The summed E-state index contributed by atoms with van der Waals surface area (Å²) in [6.45, 7) is 5.17. The van der Waals surface area contributed by atoms with Crippen LogP contribution in [0.3, 0.4) is 0 Å². The fraction of sp³-hybridized carbons (Fsp3) is 0.222. The number of thioether (sulfide) groups is 1. The van der Waals surface area contributed by atoms with E-state index in [-0.39, 0.29) is 10.8 Å². The third-order valence-corrected chi connectivity index (χ3v) is 9.61. The molecule has 10 heteroatoms. The lowest BCUT2D eigenvalue weighted by Crippen LogP contribution is -2.35. The van der Waals surface area contributed by atoms with Crippen LogP contribution in [0.1, 0.15) is 24.8 Å². The summed E-state index contributed by atoms with van der Waals surface area (Å²) in [7, 11) is -3.53. The number of nitrogens with zero attached hydrogens (tertiary/aromatic N) is 4. The van der Waals surface area contributed by atoms with Crippen LogP contribution in [0.5, 0.6) is 0 Å². The molecule has 0 N–H and O–H groups in total. The van der Waals surface area contributed by atoms with Gasteiger partial charge in [0.15, 0.2) is 0 Å². The average Bonchev–Trinajstić information content (AvgIpc) is 3.46. The van der Waals surface area contributed by atoms with Gasteiger partial charge in [0.05, 0.1) is 21.2 Å². The number of hydrogen-bond acceptors (Lipinski definition) is 6. The maximum absolute atomic E-state index is 13.1. The van der Waals surface area contributed by atoms with E-state index in [1.807, 2.05) is 36.5 Å². The zero-order valence-electron chi connectivity index (χ0n) is 20.1. The number of rotatable bonds is 7. The molecule has 2 aromatic carbocycles. The van der Waals surface area contributed by atoms with E-state index in [4.69, 9.17) is 17.3 Å². The Labute approximate surface area is 226 Å². The van der Waals surface area contributed by atoms with Gasteiger partial charge < -0.3 is 0 Å². The quantitative estimate of drug-likeness (QED) is 0.231. The molecule has 0 unspecified atom stereocenters. The molecular formula is C27H26N4O3S3. The van der Waals surface area contributed by atoms with Crippen LogP contribution >= 0.6 is 24.0 Å². The molecule has 2 aliphatic heterocycles. The zero-order valence-corrected chi connectivity index (χ0v) is 22.6. The largest absolute Gasteiger partial charge is 0.289 e. The van der Waals surface area contributed by atoms with Gasteiger partial charge in [-0.05, 0) is 43.2 Å². The molecule has 2 saturated heterocycles. The second kappa shape index (κ2) is 10.7. The second-order valence-electron chi connectivity index (χ2n) is 8.78. The highest BCUT2D eigenvalue weighted by Gasteiger charge is 2.31. The maximum atomic E-state index is 13.1. The van der Waals surface area contributed by atoms with Gasteiger partial charge in [0.25, 0.3) is 5.91 Å². The van der Waals surface area contributed by atoms with Crippen molar-refractivity contribution in [1.29, 1.82) is 0 Å². The number of amides is 1. The molecule has 5 rings (SSSR count). The third-order valence-electron chi connectivity index (χ3n) is 6.32. The minimum atomic E-state index is -3.53. The summed E-state index contributed by atoms with van der Waals surface area (Å²) < 4.78 is 30.0. The number of benzene rings is 2. The summed E-state index contributed by atoms with van der Waals surface area (Å²) in [5.74, 6) is -0.170. The van der Waals surface area contributed by atoms with Crippen molar-refractivity contribution in [1.82, 2.24) is 19.0 Å². The summed E-state index contributed by atoms with van der Waals surface area (Å²) in [6, 6.07) is 16.5. The summed E-state index contributed by atoms with van der Waals surface area (Å²) in [5.41, 5.74) is 2.99. The first kappa shape index (κ1) is 25.6. The van der Waals surface area contributed by atoms with E-state index in [0.717, 1.165) is 36.1 Å². The van der Waals surface area contributed by atoms with E-state index in [1.54, 1.807) is 45.4 Å². The molecule has 0 atom stereocenters. The summed E-state index contributed by atoms with van der Waals surface area (Å²) in [4.78, 5) is 15.2. The Balaban J connectivity index is 1.53. The number of sulfonamides is 1. The van der Waals surface area contributed by atoms with Gasteiger partial charge in [-0.2, -0.15) is 9.40 Å². The minimum absolute atomic E-state index is 0.170. The second-order valence-corrected chi connectivity index (χ2v) is 12.4. The molecule has 0 aliphatic carbocycles. The van der Waals surface area contributed by atoms with Crippen molar-refractivity contribution in [3.8, 4) is 16.9 Å². The van der Waals surface area contributed by atoms with Gasteiger partial charge in [0, 0.05) is 37.0 Å². The van der Waals surface area contributed by atoms with E-state index >= 15 is 0 Å². The van der Waals surface area contributed by atoms with Gasteiger partial charge in [-0.1, -0.05) is 66.8 Å². The van der Waals surface area contributed by atoms with E-state index < -0.39 is 10.0 Å². The van der Waals surface area contributed by atoms with Gasteiger partial charge in [-0.15, -0.1) is 6.58 Å². The zero-order chi connectivity index (χ0) is 26.0. The lowest BCUT2D eigenvalue weighted by molar-refractivity contribution is -0.121. The number of carbonyl (C=O) groups excluding carboxylic acids is 1. The van der Waals surface area contributed by atoms with Crippen molar-refractivity contribution in [3.63, 3.8) is 0 Å². The van der Waals surface area contributed by atoms with Crippen LogP contribution in [0.4, 0.5) is 0 Å². The topological polar surface area (TPSA) is 75.5 Å². The molecule has 3 heterocycles. The Morgan fingerprint density at radius 2 is 1.73 bits per heavy atom. The van der Waals surface area contributed by atoms with Crippen LogP contribution in [0.25, 0.3) is 23.0 Å². The van der Waals surface area contributed by atoms with Crippen molar-refractivity contribution in [2.75, 3.05) is 19.6 Å². The summed E-state index contributed by atoms with van der Waals surface area (Å²) in [5, 5.41) is 4.80. The van der Waals surface area contributed by atoms with Gasteiger partial charge in [-0.3, -0.25) is 9.69 Å². The standard InChI is InChI=1S/C27H26N4O3S3/c1-2-15-30-26(32)24(36-27(30)35)18-21-19-31(22-9-5-3-6-10-22)28-25(21)20-11-13-23(14-12-20)37(33,34)29-16-7-4-8-17-29/h2-3,5-6,9-14,18-19H,1,4,7-8,15-17H2. The fourth-order valence-corrected chi connectivity index (χ4v) is 7.18. The number of thiocarbonyl (C=S) groups is 1. The Kier molecular flexibility index (Phi) is 7.43. The van der Waals surface area contributed by atoms with E-state index in [1.165, 1.54) is 16.7 Å². The SMILES string of the molecule is C=CCN1C(=O)C(=Cc2cn(-c3ccccc3)nc2-c2ccc(S(=O)(=O)N3CCCCC3)cc2)SC1=S. The van der Waals surface area contributed by atoms with Crippen LogP contribution < -0.4 is 0 Å². The molecule has 0 radical (unpaired) electrons. The lowest BCUT2D eigenvalue weighted by atomic mass is 10.1. The monoisotopic (exact) mass is 550 g/mol. The Bertz CT molecular complexity index is 1470. The number of carbonyl (C=O) groups is 1. The molecule has 37 heavy (non-hydrogen) atoms. The van der Waals surface area contributed by atoms with Gasteiger partial charge in [0.2, 0.25) is 10.0 Å². The number of hydrogen-bond donors (Lipinski definition) is 0. The fourth-order valence-electron chi connectivity index (χ4n) is 4.40. The first-order chi connectivity index (χ1) is 17.9. The van der Waals surface area contributed by atoms with Crippen molar-refractivity contribution in [2.45, 2.75) is 24.2 Å². The highest BCUT2D eigenvalue weighted by atomic mass is 32.2. The van der Waals surface area contributed by atoms with Gasteiger partial charge >= 0.3 is 0 Å². The van der Waals surface area contributed by atoms with E-state index in [2.05, 4.69) is 6.58 Å². The minimum Gasteiger partial charge on any atom is -0.289 e. The van der Waals surface area contributed by atoms with Crippen LogP contribution in [-0.4, -0.2) is 57.3 Å². The summed E-state index contributed by atoms with van der Waals surface area (Å²) >= 11 is 6.63. The lowest BCUT2D eigenvalue weighted by Gasteiger charge is -2.25. The molecule has 2 fully saturated rings. The molecule has 190 valence electrons. The maximum Gasteiger partial charge on any atom is 0.266 e. The third kappa shape index (κ3) is 5.19. The van der Waals surface area contributed by atoms with E-state index in [0.29, 0.717) is 34.6 Å². The predicted octanol–water partition coefficient (Wildman–Crippen LogP) is 5.10. The van der Waals surface area contributed by atoms with Gasteiger partial charge in [-0.25, -0.2) is 13.1 Å². The summed E-state index contributed by atoms with van der Waals surface area (Å²) in [6.07, 6.45) is 8.13. The van der Waals surface area contributed by atoms with Crippen molar-refractivity contribution < 1.29 is 13.2 Å². The molecule has 0 spiro atoms. The molecule has 7 nitrogen and oxygen atoms in total. The first-order valence-corrected chi connectivity index (χ1v) is 14.7. The number of aromatic nitrogens is 2. The Hall–Kier alpha value is -3.05. The van der Waals surface area contributed by atoms with Crippen LogP contribution in [0.15, 0.2) is 83.2 Å². The molecule has 2 aliphatic rings. The van der Waals surface area contributed by atoms with Crippen LogP contribution in [0, 0.1) is 0 Å². The number of piperidine rings is 1. The normalized spacial score (nSPS) is 18.1. The average molecular weight is 551 g/mol. The Morgan fingerprint density at radius 1 is 1.03 bits per heavy atom. The van der Waals surface area contributed by atoms with Crippen molar-refractivity contribution >= 4 is 50.3 Å². The van der Waals surface area contributed by atoms with Crippen molar-refractivity contribution in [3.05, 3.63) is 83.9 Å². The van der Waals surface area contributed by atoms with Crippen LogP contribution in [0.2, 0.25) is 0 Å². The molecular weight excluding hydrogens is 525 g/mol. The number of para-hydroxylation sites is 1. The smallest absolute Gasteiger partial charge is 0.266 e. The van der Waals surface area contributed by atoms with Crippen molar-refractivity contribution in [2.24, 2.45) is 0 Å². The van der Waals surface area contributed by atoms with Gasteiger partial charge in [0.1, 0.15) is 4.32 Å². The van der Waals surface area contributed by atoms with E-state index in [9.17, 15) is 13.2 Å².